The molecule has 0 spiro atoms. The monoisotopic (exact) mass is 795 g/mol. The smallest absolute Gasteiger partial charge is 0.462 e. The molecule has 0 heterocycles. The molecule has 8 nitrogen and oxygen atoms in total. The van der Waals surface area contributed by atoms with Crippen LogP contribution in [0.25, 0.3) is 0 Å². The molecule has 0 saturated heterocycles. The molecule has 0 fully saturated rings. The number of phosphoric ester groups is 1. The van der Waals surface area contributed by atoms with Crippen LogP contribution >= 0.6 is 7.82 Å². The lowest BCUT2D eigenvalue weighted by Crippen LogP contribution is -2.29. The lowest BCUT2D eigenvalue weighted by atomic mass is 10.0. The Labute approximate surface area is 337 Å². The molecule has 320 valence electrons. The lowest BCUT2D eigenvalue weighted by Gasteiger charge is -2.18. The molecule has 0 bridgehead atoms. The summed E-state index contributed by atoms with van der Waals surface area (Å²) in [6, 6.07) is 0. The first kappa shape index (κ1) is 53.0. The molecule has 0 rings (SSSR count). The Morgan fingerprint density at radius 3 is 1.27 bits per heavy atom. The summed E-state index contributed by atoms with van der Waals surface area (Å²) in [4.78, 5) is 42.9. The van der Waals surface area contributed by atoms with Gasteiger partial charge < -0.3 is 19.3 Å². The topological polar surface area (TPSA) is 119 Å². The van der Waals surface area contributed by atoms with Crippen molar-refractivity contribution in [2.75, 3.05) is 13.2 Å². The van der Waals surface area contributed by atoms with Crippen molar-refractivity contribution in [2.24, 2.45) is 0 Å². The van der Waals surface area contributed by atoms with Crippen LogP contribution in [0.15, 0.2) is 48.6 Å². The van der Waals surface area contributed by atoms with E-state index in [2.05, 4.69) is 60.9 Å². The molecule has 0 unspecified atom stereocenters. The molecule has 1 atom stereocenters. The molecule has 0 aromatic rings. The summed E-state index contributed by atoms with van der Waals surface area (Å²) in [6.07, 6.45) is 51.3. The number of hydrogen-bond donors (Lipinski definition) is 2. The van der Waals surface area contributed by atoms with E-state index in [9.17, 15) is 14.2 Å². The van der Waals surface area contributed by atoms with Gasteiger partial charge in [-0.15, -0.1) is 0 Å². The minimum Gasteiger partial charge on any atom is -0.462 e. The number of ether oxygens (including phenoxy) is 2. The third-order valence-corrected chi connectivity index (χ3v) is 10.1. The Balaban J connectivity index is 3.94. The number of allylic oxidation sites excluding steroid dienone is 8. The molecule has 0 aromatic carbocycles. The molecule has 0 aromatic heterocycles. The van der Waals surface area contributed by atoms with Crippen LogP contribution in [0.1, 0.15) is 213 Å². The van der Waals surface area contributed by atoms with E-state index >= 15 is 0 Å². The largest absolute Gasteiger partial charge is 0.469 e. The van der Waals surface area contributed by atoms with E-state index in [1.807, 2.05) is 6.08 Å². The number of phosphoric acid groups is 1. The summed E-state index contributed by atoms with van der Waals surface area (Å²) >= 11 is 0. The summed E-state index contributed by atoms with van der Waals surface area (Å²) < 4.78 is 26.4. The van der Waals surface area contributed by atoms with E-state index in [4.69, 9.17) is 19.3 Å². The molecule has 0 saturated carbocycles. The predicted octanol–water partition coefficient (Wildman–Crippen LogP) is 13.9. The minimum absolute atomic E-state index is 0.192. The van der Waals surface area contributed by atoms with Gasteiger partial charge >= 0.3 is 19.8 Å². The van der Waals surface area contributed by atoms with E-state index in [1.165, 1.54) is 128 Å². The van der Waals surface area contributed by atoms with E-state index in [0.717, 1.165) is 44.9 Å². The molecule has 55 heavy (non-hydrogen) atoms. The normalized spacial score (nSPS) is 12.9. The van der Waals surface area contributed by atoms with Crippen molar-refractivity contribution in [1.82, 2.24) is 0 Å². The maximum atomic E-state index is 12.4. The SMILES string of the molecule is CCCCC/C=C/C/C=C/C/C=C/C/C=C/CCCC(=O)OC[C@H](COP(=O)(O)O)OC(=O)CCCCCCCCCCCCCCCCCCCCCC. The first-order chi connectivity index (χ1) is 26.8. The number of rotatable bonds is 41. The third kappa shape index (κ3) is 44.6. The van der Waals surface area contributed by atoms with Crippen LogP contribution in [0.4, 0.5) is 0 Å². The number of carbonyl (C=O) groups excluding carboxylic acids is 2. The van der Waals surface area contributed by atoms with Crippen LogP contribution in [0.3, 0.4) is 0 Å². The quantitative estimate of drug-likeness (QED) is 0.0272. The first-order valence-corrected chi connectivity index (χ1v) is 24.0. The maximum absolute atomic E-state index is 12.4. The Hall–Kier alpha value is -1.99. The van der Waals surface area contributed by atoms with Gasteiger partial charge in [0.05, 0.1) is 6.61 Å². The Kier molecular flexibility index (Phi) is 40.1. The Bertz CT molecular complexity index is 1030. The second-order valence-electron chi connectivity index (χ2n) is 15.0. The van der Waals surface area contributed by atoms with Crippen molar-refractivity contribution < 1.29 is 37.9 Å². The molecule has 2 N–H and O–H groups in total. The highest BCUT2D eigenvalue weighted by Gasteiger charge is 2.22. The van der Waals surface area contributed by atoms with Crippen LogP contribution < -0.4 is 0 Å². The van der Waals surface area contributed by atoms with Gasteiger partial charge in [-0.25, -0.2) is 4.57 Å². The molecule has 9 heteroatoms. The van der Waals surface area contributed by atoms with Gasteiger partial charge in [0.2, 0.25) is 0 Å². The molecule has 0 aliphatic heterocycles. The van der Waals surface area contributed by atoms with E-state index in [0.29, 0.717) is 12.8 Å². The Morgan fingerprint density at radius 1 is 0.473 bits per heavy atom. The second kappa shape index (κ2) is 41.6. The van der Waals surface area contributed by atoms with Crippen molar-refractivity contribution in [3.05, 3.63) is 48.6 Å². The molecule has 0 aliphatic rings. The molecular formula is C46H83O8P. The van der Waals surface area contributed by atoms with Crippen LogP contribution in [0, 0.1) is 0 Å². The molecular weight excluding hydrogens is 711 g/mol. The summed E-state index contributed by atoms with van der Waals surface area (Å²) in [7, 11) is -4.77. The zero-order chi connectivity index (χ0) is 40.3. The van der Waals surface area contributed by atoms with Crippen LogP contribution in [0.2, 0.25) is 0 Å². The maximum Gasteiger partial charge on any atom is 0.469 e. The van der Waals surface area contributed by atoms with Gasteiger partial charge in [-0.1, -0.05) is 197 Å². The molecule has 0 aliphatic carbocycles. The first-order valence-electron chi connectivity index (χ1n) is 22.4. The summed E-state index contributed by atoms with van der Waals surface area (Å²) in [5, 5.41) is 0. The van der Waals surface area contributed by atoms with Gasteiger partial charge in [0.25, 0.3) is 0 Å². The van der Waals surface area contributed by atoms with Crippen LogP contribution in [-0.4, -0.2) is 41.0 Å². The van der Waals surface area contributed by atoms with Crippen molar-refractivity contribution >= 4 is 19.8 Å². The number of esters is 2. The second-order valence-corrected chi connectivity index (χ2v) is 16.3. The fourth-order valence-electron chi connectivity index (χ4n) is 6.25. The van der Waals surface area contributed by atoms with Gasteiger partial charge in [0, 0.05) is 12.8 Å². The molecule has 0 radical (unpaired) electrons. The average Bonchev–Trinajstić information content (AvgIpc) is 3.16. The predicted molar refractivity (Wildman–Crippen MR) is 230 cm³/mol. The fraction of sp³-hybridized carbons (Fsp3) is 0.783. The number of carbonyl (C=O) groups is 2. The van der Waals surface area contributed by atoms with Crippen LogP contribution in [0.5, 0.6) is 0 Å². The number of hydrogen-bond acceptors (Lipinski definition) is 6. The third-order valence-electron chi connectivity index (χ3n) is 9.60. The van der Waals surface area contributed by atoms with Crippen LogP contribution in [-0.2, 0) is 28.2 Å². The highest BCUT2D eigenvalue weighted by atomic mass is 31.2. The minimum atomic E-state index is -4.77. The summed E-state index contributed by atoms with van der Waals surface area (Å²) in [5.74, 6) is -0.944. The lowest BCUT2D eigenvalue weighted by molar-refractivity contribution is -0.161. The van der Waals surface area contributed by atoms with E-state index in [-0.39, 0.29) is 19.4 Å². The Morgan fingerprint density at radius 2 is 0.836 bits per heavy atom. The van der Waals surface area contributed by atoms with Crippen molar-refractivity contribution in [3.63, 3.8) is 0 Å². The van der Waals surface area contributed by atoms with Crippen molar-refractivity contribution in [1.29, 1.82) is 0 Å². The highest BCUT2D eigenvalue weighted by Crippen LogP contribution is 2.36. The van der Waals surface area contributed by atoms with E-state index in [1.54, 1.807) is 0 Å². The standard InChI is InChI=1S/C46H83O8P/c1-3-5-7-9-11-13-15-17-19-21-22-23-25-27-29-31-33-35-37-39-41-46(48)54-44(43-53-55(49,50)51)42-52-45(47)40-38-36-34-32-30-28-26-24-20-18-16-14-12-10-8-6-4-2/h12,14,18,20,26,28,32,34,44H,3-11,13,15-17,19,21-25,27,29-31,33,35-43H2,1-2H3,(H2,49,50,51)/b14-12+,20-18+,28-26+,34-32+/t44-/m1/s1. The number of unbranched alkanes of at least 4 members (excludes halogenated alkanes) is 23. The summed E-state index contributed by atoms with van der Waals surface area (Å²) in [5.41, 5.74) is 0. The zero-order valence-electron chi connectivity index (χ0n) is 35.3. The van der Waals surface area contributed by atoms with Crippen molar-refractivity contribution in [3.8, 4) is 0 Å². The van der Waals surface area contributed by atoms with Gasteiger partial charge in [0.15, 0.2) is 6.10 Å². The summed E-state index contributed by atoms with van der Waals surface area (Å²) in [6.45, 7) is 3.63. The van der Waals surface area contributed by atoms with Crippen molar-refractivity contribution in [2.45, 2.75) is 219 Å². The van der Waals surface area contributed by atoms with Gasteiger partial charge in [0.1, 0.15) is 6.61 Å². The highest BCUT2D eigenvalue weighted by molar-refractivity contribution is 7.46. The average molecular weight is 795 g/mol. The van der Waals surface area contributed by atoms with Gasteiger partial charge in [-0.05, 0) is 51.4 Å². The zero-order valence-corrected chi connectivity index (χ0v) is 36.2. The van der Waals surface area contributed by atoms with Gasteiger partial charge in [-0.3, -0.25) is 14.1 Å². The molecule has 0 amide bonds. The fourth-order valence-corrected chi connectivity index (χ4v) is 6.61. The van der Waals surface area contributed by atoms with E-state index < -0.39 is 32.5 Å². The van der Waals surface area contributed by atoms with Gasteiger partial charge in [-0.2, -0.15) is 0 Å².